The third-order valence-electron chi connectivity index (χ3n) is 4.60. The van der Waals surface area contributed by atoms with Gasteiger partial charge < -0.3 is 9.73 Å². The molecule has 0 unspecified atom stereocenters. The molecule has 130 valence electrons. The Morgan fingerprint density at radius 3 is 2.46 bits per heavy atom. The van der Waals surface area contributed by atoms with Crippen molar-refractivity contribution in [3.05, 3.63) is 42.7 Å². The summed E-state index contributed by atoms with van der Waals surface area (Å²) in [5, 5.41) is 4.26. The van der Waals surface area contributed by atoms with Crippen LogP contribution in [0.1, 0.15) is 39.5 Å². The molecule has 0 aliphatic heterocycles. The molecule has 0 amide bonds. The van der Waals surface area contributed by atoms with Crippen LogP contribution in [0.15, 0.2) is 47.1 Å². The van der Waals surface area contributed by atoms with E-state index in [0.29, 0.717) is 11.3 Å². The molecule has 1 saturated carbocycles. The summed E-state index contributed by atoms with van der Waals surface area (Å²) in [6.07, 6.45) is 6.93. The number of hydrogen-bond donors (Lipinski definition) is 2. The van der Waals surface area contributed by atoms with Gasteiger partial charge >= 0.3 is 0 Å². The van der Waals surface area contributed by atoms with E-state index in [1.807, 2.05) is 24.1 Å². The molecule has 1 aromatic heterocycles. The van der Waals surface area contributed by atoms with Crippen LogP contribution < -0.4 is 10.0 Å². The molecule has 3 rings (SSSR count). The van der Waals surface area contributed by atoms with E-state index in [1.165, 1.54) is 31.4 Å². The highest BCUT2D eigenvalue weighted by Crippen LogP contribution is 2.27. The minimum Gasteiger partial charge on any atom is -0.464 e. The zero-order valence-electron chi connectivity index (χ0n) is 14.6. The molecule has 1 aliphatic carbocycles. The van der Waals surface area contributed by atoms with Gasteiger partial charge in [-0.1, -0.05) is 25.8 Å². The molecule has 2 N–H and O–H groups in total. The SMILES string of the molecule is CC(C)SN[C@H]1CC[C@H](CNc2ccc(-c3ccco3)cc2)CC1. The Kier molecular flexibility index (Phi) is 6.27. The molecule has 1 aromatic carbocycles. The second-order valence-electron chi connectivity index (χ2n) is 6.94. The van der Waals surface area contributed by atoms with Crippen molar-refractivity contribution in [1.82, 2.24) is 4.72 Å². The van der Waals surface area contributed by atoms with E-state index in [1.54, 1.807) is 6.26 Å². The Bertz CT molecular complexity index is 587. The molecule has 4 heteroatoms. The van der Waals surface area contributed by atoms with Gasteiger partial charge in [0.15, 0.2) is 0 Å². The molecular weight excluding hydrogens is 316 g/mol. The van der Waals surface area contributed by atoms with Crippen LogP contribution in [0.4, 0.5) is 5.69 Å². The lowest BCUT2D eigenvalue weighted by Gasteiger charge is -2.29. The first-order valence-corrected chi connectivity index (χ1v) is 9.87. The van der Waals surface area contributed by atoms with Crippen molar-refractivity contribution >= 4 is 17.6 Å². The largest absolute Gasteiger partial charge is 0.464 e. The fourth-order valence-corrected chi connectivity index (χ4v) is 3.87. The van der Waals surface area contributed by atoms with Crippen LogP contribution in [0.25, 0.3) is 11.3 Å². The summed E-state index contributed by atoms with van der Waals surface area (Å²) in [7, 11) is 0. The molecule has 0 spiro atoms. The van der Waals surface area contributed by atoms with Gasteiger partial charge in [-0.05, 0) is 68.0 Å². The molecule has 24 heavy (non-hydrogen) atoms. The lowest BCUT2D eigenvalue weighted by Crippen LogP contribution is -2.31. The van der Waals surface area contributed by atoms with E-state index in [4.69, 9.17) is 4.42 Å². The smallest absolute Gasteiger partial charge is 0.133 e. The van der Waals surface area contributed by atoms with Gasteiger partial charge in [0.05, 0.1) is 6.26 Å². The van der Waals surface area contributed by atoms with E-state index >= 15 is 0 Å². The second-order valence-corrected chi connectivity index (χ2v) is 8.35. The monoisotopic (exact) mass is 344 g/mol. The third-order valence-corrected chi connectivity index (χ3v) is 5.54. The van der Waals surface area contributed by atoms with Crippen LogP contribution in [-0.2, 0) is 0 Å². The van der Waals surface area contributed by atoms with Gasteiger partial charge in [-0.15, -0.1) is 0 Å². The first kappa shape index (κ1) is 17.4. The van der Waals surface area contributed by atoms with Gasteiger partial charge in [0.1, 0.15) is 5.76 Å². The molecule has 0 saturated heterocycles. The van der Waals surface area contributed by atoms with Crippen molar-refractivity contribution < 1.29 is 4.42 Å². The topological polar surface area (TPSA) is 37.2 Å². The Labute approximate surface area is 149 Å². The van der Waals surface area contributed by atoms with E-state index < -0.39 is 0 Å². The average molecular weight is 345 g/mol. The normalized spacial score (nSPS) is 21.1. The summed E-state index contributed by atoms with van der Waals surface area (Å²) in [5.41, 5.74) is 2.32. The summed E-state index contributed by atoms with van der Waals surface area (Å²) >= 11 is 1.88. The summed E-state index contributed by atoms with van der Waals surface area (Å²) in [6.45, 7) is 5.55. The van der Waals surface area contributed by atoms with Crippen molar-refractivity contribution in [3.8, 4) is 11.3 Å². The van der Waals surface area contributed by atoms with E-state index in [-0.39, 0.29) is 0 Å². The van der Waals surface area contributed by atoms with Gasteiger partial charge in [-0.25, -0.2) is 0 Å². The molecule has 1 heterocycles. The molecular formula is C20H28N2OS. The molecule has 2 aromatic rings. The first-order valence-electron chi connectivity index (χ1n) is 8.99. The fraction of sp³-hybridized carbons (Fsp3) is 0.500. The van der Waals surface area contributed by atoms with Gasteiger partial charge in [-0.2, -0.15) is 0 Å². The van der Waals surface area contributed by atoms with Gasteiger partial charge in [0.25, 0.3) is 0 Å². The zero-order valence-corrected chi connectivity index (χ0v) is 15.4. The van der Waals surface area contributed by atoms with Crippen LogP contribution in [0.2, 0.25) is 0 Å². The van der Waals surface area contributed by atoms with E-state index in [0.717, 1.165) is 23.8 Å². The maximum Gasteiger partial charge on any atom is 0.133 e. The molecule has 0 atom stereocenters. The van der Waals surface area contributed by atoms with Gasteiger partial charge in [0.2, 0.25) is 0 Å². The highest BCUT2D eigenvalue weighted by atomic mass is 32.2. The Balaban J connectivity index is 1.40. The number of hydrogen-bond acceptors (Lipinski definition) is 4. The summed E-state index contributed by atoms with van der Waals surface area (Å²) in [4.78, 5) is 0. The number of nitrogens with one attached hydrogen (secondary N) is 2. The van der Waals surface area contributed by atoms with Crippen LogP contribution in [0.3, 0.4) is 0 Å². The Morgan fingerprint density at radius 1 is 1.08 bits per heavy atom. The number of furan rings is 1. The lowest BCUT2D eigenvalue weighted by atomic mass is 9.86. The van der Waals surface area contributed by atoms with Gasteiger partial charge in [0, 0.05) is 29.1 Å². The van der Waals surface area contributed by atoms with Crippen molar-refractivity contribution in [3.63, 3.8) is 0 Å². The molecule has 1 fully saturated rings. The third kappa shape index (κ3) is 5.05. The Morgan fingerprint density at radius 2 is 1.83 bits per heavy atom. The van der Waals surface area contributed by atoms with Crippen molar-refractivity contribution in [1.29, 1.82) is 0 Å². The van der Waals surface area contributed by atoms with Crippen molar-refractivity contribution in [2.24, 2.45) is 5.92 Å². The summed E-state index contributed by atoms with van der Waals surface area (Å²) in [6, 6.07) is 13.1. The highest BCUT2D eigenvalue weighted by Gasteiger charge is 2.21. The lowest BCUT2D eigenvalue weighted by molar-refractivity contribution is 0.328. The number of rotatable bonds is 7. The summed E-state index contributed by atoms with van der Waals surface area (Å²) in [5.74, 6) is 1.71. The van der Waals surface area contributed by atoms with Crippen molar-refractivity contribution in [2.45, 2.75) is 50.8 Å². The van der Waals surface area contributed by atoms with Crippen LogP contribution in [0.5, 0.6) is 0 Å². The predicted octanol–water partition coefficient (Wildman–Crippen LogP) is 5.56. The molecule has 3 nitrogen and oxygen atoms in total. The van der Waals surface area contributed by atoms with Crippen molar-refractivity contribution in [2.75, 3.05) is 11.9 Å². The number of anilines is 1. The highest BCUT2D eigenvalue weighted by molar-refractivity contribution is 7.98. The Hall–Kier alpha value is -1.39. The second kappa shape index (κ2) is 8.63. The van der Waals surface area contributed by atoms with E-state index in [2.05, 4.69) is 48.2 Å². The minimum absolute atomic E-state index is 0.661. The van der Waals surface area contributed by atoms with Crippen LogP contribution in [-0.4, -0.2) is 17.8 Å². The van der Waals surface area contributed by atoms with Crippen LogP contribution in [0, 0.1) is 5.92 Å². The average Bonchev–Trinajstić information content (AvgIpc) is 3.14. The van der Waals surface area contributed by atoms with Gasteiger partial charge in [-0.3, -0.25) is 4.72 Å². The van der Waals surface area contributed by atoms with Crippen LogP contribution >= 0.6 is 11.9 Å². The number of benzene rings is 1. The maximum atomic E-state index is 5.43. The zero-order chi connectivity index (χ0) is 16.8. The fourth-order valence-electron chi connectivity index (χ4n) is 3.17. The molecule has 0 radical (unpaired) electrons. The quantitative estimate of drug-likeness (QED) is 0.645. The minimum atomic E-state index is 0.661. The predicted molar refractivity (Wildman–Crippen MR) is 104 cm³/mol. The molecule has 1 aliphatic rings. The first-order chi connectivity index (χ1) is 11.7. The maximum absolute atomic E-state index is 5.43. The summed E-state index contributed by atoms with van der Waals surface area (Å²) < 4.78 is 9.05. The molecule has 0 bridgehead atoms. The van der Waals surface area contributed by atoms with E-state index in [9.17, 15) is 0 Å². The standard InChI is InChI=1S/C20H28N2OS/c1-15(2)24-22-19-9-5-16(6-10-19)14-21-18-11-7-17(8-12-18)20-4-3-13-23-20/h3-4,7-8,11-13,15-16,19,21-22H,5-6,9-10,14H2,1-2H3/t16-,19-.